The van der Waals surface area contributed by atoms with E-state index in [1.54, 1.807) is 63.2 Å². The summed E-state index contributed by atoms with van der Waals surface area (Å²) in [4.78, 5) is 30.2. The highest BCUT2D eigenvalue weighted by Gasteiger charge is 2.36. The summed E-state index contributed by atoms with van der Waals surface area (Å²) in [7, 11) is -4.11. The van der Waals surface area contributed by atoms with Crippen LogP contribution in [0.4, 0.5) is 16.2 Å². The lowest BCUT2D eigenvalue weighted by Crippen LogP contribution is -2.51. The van der Waals surface area contributed by atoms with Gasteiger partial charge in [-0.15, -0.1) is 0 Å². The molecule has 1 aliphatic rings. The molecule has 2 aromatic carbocycles. The zero-order valence-corrected chi connectivity index (χ0v) is 26.4. The monoisotopic (exact) mass is 632 g/mol. The Hall–Kier alpha value is -3.34. The first-order valence-corrected chi connectivity index (χ1v) is 15.8. The topological polar surface area (TPSA) is 118 Å². The lowest BCUT2D eigenvalue weighted by atomic mass is 9.99. The number of aromatic nitrogens is 1. The van der Waals surface area contributed by atoms with Crippen LogP contribution in [0.1, 0.15) is 68.6 Å². The first kappa shape index (κ1) is 31.6. The Morgan fingerprint density at radius 1 is 1.12 bits per heavy atom. The van der Waals surface area contributed by atoms with Gasteiger partial charge in [-0.2, -0.15) is 0 Å². The van der Waals surface area contributed by atoms with E-state index < -0.39 is 33.7 Å². The number of benzene rings is 2. The number of pyridine rings is 1. The maximum atomic E-state index is 14.1. The van der Waals surface area contributed by atoms with E-state index in [9.17, 15) is 18.0 Å². The number of fused-ring (bicyclic) bond motifs is 1. The van der Waals surface area contributed by atoms with E-state index in [1.165, 1.54) is 10.5 Å². The molecular formula is C30H34Cl2N4O5S. The fourth-order valence-corrected chi connectivity index (χ4v) is 6.72. The first-order chi connectivity index (χ1) is 19.7. The van der Waals surface area contributed by atoms with Crippen molar-refractivity contribution in [1.29, 1.82) is 0 Å². The third-order valence-electron chi connectivity index (χ3n) is 6.84. The highest BCUT2D eigenvalue weighted by molar-refractivity contribution is 7.92. The normalized spacial score (nSPS) is 15.9. The number of carbonyl (C=O) groups excluding carboxylic acids is 2. The van der Waals surface area contributed by atoms with Crippen molar-refractivity contribution in [2.45, 2.75) is 69.9 Å². The average molecular weight is 634 g/mol. The average Bonchev–Trinajstić information content (AvgIpc) is 2.91. The van der Waals surface area contributed by atoms with Gasteiger partial charge in [0.05, 0.1) is 56.4 Å². The number of hydrogen-bond donors (Lipinski definition) is 2. The molecule has 2 atom stereocenters. The molecule has 0 spiro atoms. The molecule has 1 aromatic heterocycles. The van der Waals surface area contributed by atoms with Crippen molar-refractivity contribution in [2.75, 3.05) is 16.2 Å². The number of alkyl carbamates (subject to hydrolysis) is 1. The molecule has 0 radical (unpaired) electrons. The van der Waals surface area contributed by atoms with Crippen molar-refractivity contribution >= 4 is 56.6 Å². The highest BCUT2D eigenvalue weighted by atomic mass is 35.5. The zero-order valence-electron chi connectivity index (χ0n) is 24.1. The van der Waals surface area contributed by atoms with Gasteiger partial charge in [0.1, 0.15) is 5.60 Å². The van der Waals surface area contributed by atoms with Crippen LogP contribution in [0.3, 0.4) is 0 Å². The second kappa shape index (κ2) is 12.5. The fourth-order valence-electron chi connectivity index (χ4n) is 4.57. The number of hydrogen-bond acceptors (Lipinski definition) is 6. The fraction of sp³-hybridized carbons (Fsp3) is 0.367. The summed E-state index contributed by atoms with van der Waals surface area (Å²) in [6.07, 6.45) is 1.86. The van der Waals surface area contributed by atoms with Gasteiger partial charge < -0.3 is 15.4 Å². The molecule has 0 saturated heterocycles. The standard InChI is InChI=1S/C30H34Cl2N4O5S/c1-6-18(2)19-9-7-10-22(13-19)42(39,40)36-17-21(35-29(38)41-30(3,4)5)14-25-26(36)15-20(16-33-25)34-28(37)27-23(31)11-8-12-24(27)32/h7-13,15-16,18,21H,6,14,17H2,1-5H3,(H,34,37)(H,35,38). The van der Waals surface area contributed by atoms with Crippen LogP contribution in [0.5, 0.6) is 0 Å². The van der Waals surface area contributed by atoms with Crippen molar-refractivity contribution in [3.05, 3.63) is 81.6 Å². The van der Waals surface area contributed by atoms with Crippen molar-refractivity contribution in [2.24, 2.45) is 0 Å². The predicted octanol–water partition coefficient (Wildman–Crippen LogP) is 6.80. The van der Waals surface area contributed by atoms with Crippen molar-refractivity contribution in [3.8, 4) is 0 Å². The molecule has 0 saturated carbocycles. The van der Waals surface area contributed by atoms with Gasteiger partial charge >= 0.3 is 6.09 Å². The molecule has 2 unspecified atom stereocenters. The van der Waals surface area contributed by atoms with Crippen LogP contribution in [-0.2, 0) is 21.2 Å². The molecule has 224 valence electrons. The number of nitrogens with one attached hydrogen (secondary N) is 2. The van der Waals surface area contributed by atoms with Crippen LogP contribution in [0.25, 0.3) is 0 Å². The summed E-state index contributed by atoms with van der Waals surface area (Å²) in [6, 6.07) is 12.5. The van der Waals surface area contributed by atoms with Gasteiger partial charge in [-0.1, -0.05) is 55.2 Å². The SMILES string of the molecule is CCC(C)c1cccc(S(=O)(=O)N2CC(NC(=O)OC(C)(C)C)Cc3ncc(NC(=O)c4c(Cl)cccc4Cl)cc32)c1. The molecule has 4 rings (SSSR count). The summed E-state index contributed by atoms with van der Waals surface area (Å²) in [5, 5.41) is 5.85. The number of carbonyl (C=O) groups is 2. The van der Waals surface area contributed by atoms with E-state index in [-0.39, 0.29) is 50.8 Å². The van der Waals surface area contributed by atoms with E-state index in [0.29, 0.717) is 5.69 Å². The molecular weight excluding hydrogens is 599 g/mol. The molecule has 2 amide bonds. The number of ether oxygens (including phenoxy) is 1. The van der Waals surface area contributed by atoms with Crippen LogP contribution in [0.2, 0.25) is 10.0 Å². The number of rotatable bonds is 7. The smallest absolute Gasteiger partial charge is 0.407 e. The van der Waals surface area contributed by atoms with E-state index in [1.807, 2.05) is 19.9 Å². The van der Waals surface area contributed by atoms with E-state index in [2.05, 4.69) is 15.6 Å². The van der Waals surface area contributed by atoms with Crippen LogP contribution in [0.15, 0.2) is 59.6 Å². The maximum absolute atomic E-state index is 14.1. The third-order valence-corrected chi connectivity index (χ3v) is 9.24. The number of sulfonamides is 1. The lowest BCUT2D eigenvalue weighted by molar-refractivity contribution is 0.0505. The minimum absolute atomic E-state index is 0.0719. The van der Waals surface area contributed by atoms with Crippen molar-refractivity contribution < 1.29 is 22.7 Å². The Labute approximate surface area is 256 Å². The summed E-state index contributed by atoms with van der Waals surface area (Å²) in [5.74, 6) is -0.404. The van der Waals surface area contributed by atoms with Crippen LogP contribution >= 0.6 is 23.2 Å². The number of halogens is 2. The van der Waals surface area contributed by atoms with Gasteiger partial charge in [0.25, 0.3) is 15.9 Å². The van der Waals surface area contributed by atoms with Crippen LogP contribution in [-0.4, -0.2) is 43.6 Å². The molecule has 9 nitrogen and oxygen atoms in total. The minimum atomic E-state index is -4.11. The first-order valence-electron chi connectivity index (χ1n) is 13.6. The summed E-state index contributed by atoms with van der Waals surface area (Å²) in [6.45, 7) is 9.24. The highest BCUT2D eigenvalue weighted by Crippen LogP contribution is 2.35. The minimum Gasteiger partial charge on any atom is -0.444 e. The maximum Gasteiger partial charge on any atom is 0.407 e. The number of amides is 2. The Kier molecular flexibility index (Phi) is 9.39. The molecule has 3 aromatic rings. The molecule has 12 heteroatoms. The molecule has 0 bridgehead atoms. The summed E-state index contributed by atoms with van der Waals surface area (Å²) < 4.78 is 34.9. The van der Waals surface area contributed by atoms with Crippen molar-refractivity contribution in [3.63, 3.8) is 0 Å². The quantitative estimate of drug-likeness (QED) is 0.296. The van der Waals surface area contributed by atoms with Gasteiger partial charge in [0.15, 0.2) is 0 Å². The van der Waals surface area contributed by atoms with Crippen molar-refractivity contribution in [1.82, 2.24) is 10.3 Å². The molecule has 0 aliphatic carbocycles. The van der Waals surface area contributed by atoms with Gasteiger partial charge in [-0.25, -0.2) is 13.2 Å². The number of anilines is 2. The van der Waals surface area contributed by atoms with E-state index >= 15 is 0 Å². The molecule has 2 N–H and O–H groups in total. The van der Waals surface area contributed by atoms with Gasteiger partial charge in [0, 0.05) is 6.42 Å². The Bertz CT molecular complexity index is 1590. The second-order valence-corrected chi connectivity index (χ2v) is 13.9. The zero-order chi connectivity index (χ0) is 30.8. The van der Waals surface area contributed by atoms with Gasteiger partial charge in [-0.05, 0) is 69.0 Å². The third kappa shape index (κ3) is 7.17. The molecule has 42 heavy (non-hydrogen) atoms. The van der Waals surface area contributed by atoms with Crippen LogP contribution in [0, 0.1) is 0 Å². The second-order valence-electron chi connectivity index (χ2n) is 11.2. The lowest BCUT2D eigenvalue weighted by Gasteiger charge is -2.35. The Morgan fingerprint density at radius 3 is 2.43 bits per heavy atom. The number of nitrogens with zero attached hydrogens (tertiary/aromatic N) is 2. The Balaban J connectivity index is 1.73. The summed E-state index contributed by atoms with van der Waals surface area (Å²) in [5.41, 5.74) is 1.23. The van der Waals surface area contributed by atoms with Crippen LogP contribution < -0.4 is 14.9 Å². The molecule has 0 fully saturated rings. The van der Waals surface area contributed by atoms with E-state index in [4.69, 9.17) is 27.9 Å². The van der Waals surface area contributed by atoms with Gasteiger partial charge in [-0.3, -0.25) is 14.1 Å². The largest absolute Gasteiger partial charge is 0.444 e. The molecule has 1 aliphatic heterocycles. The molecule has 2 heterocycles. The van der Waals surface area contributed by atoms with Gasteiger partial charge in [0.2, 0.25) is 0 Å². The predicted molar refractivity (Wildman–Crippen MR) is 165 cm³/mol. The Morgan fingerprint density at radius 2 is 1.79 bits per heavy atom. The van der Waals surface area contributed by atoms with E-state index in [0.717, 1.165) is 12.0 Å². The summed E-state index contributed by atoms with van der Waals surface area (Å²) >= 11 is 12.4.